The molecule has 0 aliphatic heterocycles. The molecule has 184 valence electrons. The van der Waals surface area contributed by atoms with Crippen LogP contribution in [0, 0.1) is 27.7 Å². The molecule has 4 aromatic rings. The van der Waals surface area contributed by atoms with Crippen molar-refractivity contribution in [2.75, 3.05) is 0 Å². The number of nitriles is 1. The monoisotopic (exact) mass is 500 g/mol. The topological polar surface area (TPSA) is 134 Å². The van der Waals surface area contributed by atoms with E-state index in [9.17, 15) is 19.6 Å². The van der Waals surface area contributed by atoms with Gasteiger partial charge in [-0.05, 0) is 44.1 Å². The highest BCUT2D eigenvalue weighted by molar-refractivity contribution is 6.19. The van der Waals surface area contributed by atoms with Crippen LogP contribution in [-0.4, -0.2) is 37.8 Å². The van der Waals surface area contributed by atoms with Crippen LogP contribution in [0.5, 0.6) is 0 Å². The van der Waals surface area contributed by atoms with Crippen molar-refractivity contribution in [3.05, 3.63) is 122 Å². The van der Waals surface area contributed by atoms with Crippen LogP contribution in [0.2, 0.25) is 0 Å². The van der Waals surface area contributed by atoms with Gasteiger partial charge in [0.25, 0.3) is 0 Å². The number of carboxylic acids is 1. The number of rotatable bonds is 2. The van der Waals surface area contributed by atoms with Gasteiger partial charge in [-0.2, -0.15) is 5.26 Å². The van der Waals surface area contributed by atoms with E-state index in [1.165, 1.54) is 6.33 Å². The summed E-state index contributed by atoms with van der Waals surface area (Å²) in [5.74, 6) is -2.10. The van der Waals surface area contributed by atoms with E-state index < -0.39 is 11.9 Å². The van der Waals surface area contributed by atoms with Crippen molar-refractivity contribution in [1.29, 1.82) is 5.26 Å². The maximum atomic E-state index is 13.3. The number of hydrogen-bond donors (Lipinski definition) is 1. The molecule has 0 spiro atoms. The van der Waals surface area contributed by atoms with E-state index in [2.05, 4.69) is 21.3 Å². The van der Waals surface area contributed by atoms with Crippen molar-refractivity contribution >= 4 is 29.7 Å². The van der Waals surface area contributed by atoms with Crippen molar-refractivity contribution < 1.29 is 19.5 Å². The molecule has 0 saturated carbocycles. The van der Waals surface area contributed by atoms with E-state index in [4.69, 9.17) is 5.11 Å². The SMILES string of the molecule is CC1C=c2ccc3c(c2C(c2ccccc2C#N)C1=O)C(=O)C=c1ccccc1=3.O=C(O)c1cncnn1. The Labute approximate surface area is 216 Å². The number of Topliss-reactive ketones (excluding diaryl/α,β-unsaturated/α-hetero) is 2. The minimum absolute atomic E-state index is 0.0141. The smallest absolute Gasteiger partial charge is 0.358 e. The zero-order valence-corrected chi connectivity index (χ0v) is 20.2. The summed E-state index contributed by atoms with van der Waals surface area (Å²) in [5, 5.41) is 28.0. The summed E-state index contributed by atoms with van der Waals surface area (Å²) < 4.78 is 0. The van der Waals surface area contributed by atoms with Crippen LogP contribution in [0.3, 0.4) is 0 Å². The molecule has 3 aromatic carbocycles. The number of ketones is 2. The van der Waals surface area contributed by atoms with Crippen molar-refractivity contribution in [3.8, 4) is 6.07 Å². The highest BCUT2D eigenvalue weighted by atomic mass is 16.4. The van der Waals surface area contributed by atoms with E-state index in [0.29, 0.717) is 16.7 Å². The second kappa shape index (κ2) is 9.99. The maximum absolute atomic E-state index is 13.3. The van der Waals surface area contributed by atoms with Crippen molar-refractivity contribution in [3.63, 3.8) is 0 Å². The van der Waals surface area contributed by atoms with E-state index in [0.717, 1.165) is 32.6 Å². The summed E-state index contributed by atoms with van der Waals surface area (Å²) in [6.07, 6.45) is 5.88. The van der Waals surface area contributed by atoms with Crippen LogP contribution in [0.4, 0.5) is 0 Å². The molecule has 0 fully saturated rings. The zero-order chi connectivity index (χ0) is 26.8. The summed E-state index contributed by atoms with van der Waals surface area (Å²) in [4.78, 5) is 40.0. The lowest BCUT2D eigenvalue weighted by Crippen LogP contribution is -2.34. The Morgan fingerprint density at radius 1 is 0.974 bits per heavy atom. The third kappa shape index (κ3) is 4.27. The first-order chi connectivity index (χ1) is 18.4. The molecule has 1 heterocycles. The third-order valence-electron chi connectivity index (χ3n) is 6.61. The van der Waals surface area contributed by atoms with Gasteiger partial charge in [0.05, 0.1) is 23.7 Å². The number of benzene rings is 3. The first kappa shape index (κ1) is 24.4. The second-order valence-electron chi connectivity index (χ2n) is 8.88. The van der Waals surface area contributed by atoms with Crippen LogP contribution in [-0.2, 0) is 4.79 Å². The number of carbonyl (C=O) groups excluding carboxylic acids is 2. The predicted octanol–water partition coefficient (Wildman–Crippen LogP) is 2.52. The van der Waals surface area contributed by atoms with Crippen molar-refractivity contribution in [2.45, 2.75) is 12.8 Å². The predicted molar refractivity (Wildman–Crippen MR) is 137 cm³/mol. The molecular formula is C30H20N4O4. The minimum Gasteiger partial charge on any atom is -0.476 e. The van der Waals surface area contributed by atoms with Gasteiger partial charge in [-0.3, -0.25) is 9.59 Å². The molecule has 2 aliphatic rings. The number of nitrogens with zero attached hydrogens (tertiary/aromatic N) is 4. The van der Waals surface area contributed by atoms with Gasteiger partial charge in [-0.1, -0.05) is 67.6 Å². The molecule has 1 aromatic heterocycles. The largest absolute Gasteiger partial charge is 0.476 e. The molecule has 0 amide bonds. The van der Waals surface area contributed by atoms with Crippen molar-refractivity contribution in [2.24, 2.45) is 5.92 Å². The number of aromatic nitrogens is 3. The van der Waals surface area contributed by atoms with Gasteiger partial charge >= 0.3 is 5.97 Å². The number of carbonyl (C=O) groups is 3. The molecule has 0 radical (unpaired) electrons. The zero-order valence-electron chi connectivity index (χ0n) is 20.2. The Kier molecular flexibility index (Phi) is 6.42. The number of fused-ring (bicyclic) bond motifs is 4. The summed E-state index contributed by atoms with van der Waals surface area (Å²) in [6.45, 7) is 1.87. The maximum Gasteiger partial charge on any atom is 0.358 e. The standard InChI is InChI=1S/C26H17NO2.C4H3N3O2/c1-15-12-17-10-11-21-19-8-4-2-6-16(19)13-22(28)24(21)23(17)25(26(15)29)20-9-5-3-7-18(20)14-27;8-4(9)3-1-5-2-6-7-3/h2-13,15,25H,1H3;1-2H,(H,8,9). The Balaban J connectivity index is 0.000000278. The van der Waals surface area contributed by atoms with E-state index in [1.54, 1.807) is 18.2 Å². The number of hydrogen-bond acceptors (Lipinski definition) is 7. The minimum atomic E-state index is -1.12. The summed E-state index contributed by atoms with van der Waals surface area (Å²) >= 11 is 0. The fraction of sp³-hybridized carbons (Fsp3) is 0.100. The van der Waals surface area contributed by atoms with E-state index in [-0.39, 0.29) is 23.2 Å². The molecule has 38 heavy (non-hydrogen) atoms. The fourth-order valence-electron chi connectivity index (χ4n) is 4.92. The van der Waals surface area contributed by atoms with Gasteiger partial charge in [0, 0.05) is 11.5 Å². The molecular weight excluding hydrogens is 480 g/mol. The molecule has 2 atom stereocenters. The van der Waals surface area contributed by atoms with Crippen LogP contribution in [0.1, 0.15) is 50.4 Å². The van der Waals surface area contributed by atoms with Gasteiger partial charge in [-0.15, -0.1) is 10.2 Å². The quantitative estimate of drug-likeness (QED) is 0.444. The lowest BCUT2D eigenvalue weighted by Gasteiger charge is -2.27. The van der Waals surface area contributed by atoms with Gasteiger partial charge in [-0.25, -0.2) is 9.78 Å². The molecule has 8 nitrogen and oxygen atoms in total. The van der Waals surface area contributed by atoms with E-state index in [1.807, 2.05) is 61.5 Å². The van der Waals surface area contributed by atoms with Gasteiger partial charge in [0.15, 0.2) is 17.3 Å². The van der Waals surface area contributed by atoms with Gasteiger partial charge < -0.3 is 5.11 Å². The highest BCUT2D eigenvalue weighted by Crippen LogP contribution is 2.34. The number of carboxylic acid groups (broad SMARTS) is 1. The van der Waals surface area contributed by atoms with Crippen LogP contribution < -0.4 is 10.4 Å². The van der Waals surface area contributed by atoms with Crippen molar-refractivity contribution in [1.82, 2.24) is 15.2 Å². The first-order valence-electron chi connectivity index (χ1n) is 11.8. The third-order valence-corrected chi connectivity index (χ3v) is 6.61. The molecule has 2 aliphatic carbocycles. The lowest BCUT2D eigenvalue weighted by atomic mass is 9.73. The number of aromatic carboxylic acids is 1. The molecule has 0 bridgehead atoms. The average molecular weight is 501 g/mol. The molecule has 0 saturated heterocycles. The van der Waals surface area contributed by atoms with E-state index >= 15 is 0 Å². The average Bonchev–Trinajstić information content (AvgIpc) is 2.94. The fourth-order valence-corrected chi connectivity index (χ4v) is 4.92. The van der Waals surface area contributed by atoms with Crippen LogP contribution in [0.15, 0.2) is 73.2 Å². The normalized spacial score (nSPS) is 16.7. The summed E-state index contributed by atoms with van der Waals surface area (Å²) in [6, 6.07) is 21.2. The van der Waals surface area contributed by atoms with Crippen LogP contribution >= 0.6 is 0 Å². The Morgan fingerprint density at radius 2 is 1.74 bits per heavy atom. The highest BCUT2D eigenvalue weighted by Gasteiger charge is 2.35. The summed E-state index contributed by atoms with van der Waals surface area (Å²) in [5.41, 5.74) is 2.30. The first-order valence-corrected chi connectivity index (χ1v) is 11.8. The van der Waals surface area contributed by atoms with Crippen LogP contribution in [0.25, 0.3) is 12.2 Å². The Bertz CT molecular complexity index is 1880. The van der Waals surface area contributed by atoms with Gasteiger partial charge in [0.1, 0.15) is 6.33 Å². The molecule has 1 N–H and O–H groups in total. The second-order valence-corrected chi connectivity index (χ2v) is 8.88. The lowest BCUT2D eigenvalue weighted by molar-refractivity contribution is -0.121. The van der Waals surface area contributed by atoms with Gasteiger partial charge in [0.2, 0.25) is 0 Å². The Morgan fingerprint density at radius 3 is 2.45 bits per heavy atom. The molecule has 8 heteroatoms. The summed E-state index contributed by atoms with van der Waals surface area (Å²) in [7, 11) is 0. The molecule has 2 unspecified atom stereocenters. The Hall–Kier alpha value is -5.29. The molecule has 6 rings (SSSR count).